The third kappa shape index (κ3) is 6.45. The van der Waals surface area contributed by atoms with E-state index < -0.39 is 0 Å². The molecule has 158 valence electrons. The molecule has 0 amide bonds. The molecular formula is C27H39NO. The largest absolute Gasteiger partial charge is 0.393 e. The first-order valence-corrected chi connectivity index (χ1v) is 12.0. The topological polar surface area (TPSA) is 44.0 Å². The van der Waals surface area contributed by atoms with E-state index in [1.54, 1.807) is 6.08 Å². The quantitative estimate of drug-likeness (QED) is 0.486. The Hall–Kier alpha value is -1.59. The Labute approximate surface area is 178 Å². The number of hydrogen-bond donors (Lipinski definition) is 1. The van der Waals surface area contributed by atoms with E-state index in [-0.39, 0.29) is 6.10 Å². The lowest BCUT2D eigenvalue weighted by atomic mass is 9.70. The first-order valence-electron chi connectivity index (χ1n) is 12.0. The Morgan fingerprint density at radius 1 is 1.00 bits per heavy atom. The molecule has 2 heteroatoms. The van der Waals surface area contributed by atoms with Crippen LogP contribution < -0.4 is 0 Å². The van der Waals surface area contributed by atoms with Gasteiger partial charge in [0.25, 0.3) is 0 Å². The maximum atomic E-state index is 11.0. The first-order chi connectivity index (χ1) is 14.2. The van der Waals surface area contributed by atoms with Crippen molar-refractivity contribution in [1.29, 1.82) is 5.26 Å². The Bertz CT molecular complexity index is 655. The Balaban J connectivity index is 1.40. The lowest BCUT2D eigenvalue weighted by molar-refractivity contribution is 0.00971. The van der Waals surface area contributed by atoms with Crippen molar-refractivity contribution >= 4 is 0 Å². The molecule has 1 aromatic carbocycles. The van der Waals surface area contributed by atoms with Crippen LogP contribution in [0.25, 0.3) is 0 Å². The van der Waals surface area contributed by atoms with Crippen molar-refractivity contribution in [1.82, 2.24) is 0 Å². The van der Waals surface area contributed by atoms with Crippen molar-refractivity contribution in [3.8, 4) is 6.07 Å². The summed E-state index contributed by atoms with van der Waals surface area (Å²) >= 11 is 0. The monoisotopic (exact) mass is 393 g/mol. The van der Waals surface area contributed by atoms with Gasteiger partial charge in [0.15, 0.2) is 0 Å². The van der Waals surface area contributed by atoms with Crippen molar-refractivity contribution in [3.63, 3.8) is 0 Å². The average Bonchev–Trinajstić information content (AvgIpc) is 2.78. The molecule has 0 aromatic heterocycles. The van der Waals surface area contributed by atoms with Gasteiger partial charge < -0.3 is 5.11 Å². The Morgan fingerprint density at radius 3 is 2.21 bits per heavy atom. The molecule has 2 nitrogen and oxygen atoms in total. The molecule has 2 aliphatic rings. The van der Waals surface area contributed by atoms with Gasteiger partial charge in [-0.05, 0) is 92.6 Å². The number of hydrogen-bond acceptors (Lipinski definition) is 2. The van der Waals surface area contributed by atoms with Crippen molar-refractivity contribution in [2.75, 3.05) is 0 Å². The van der Waals surface area contributed by atoms with Gasteiger partial charge >= 0.3 is 0 Å². The zero-order valence-corrected chi connectivity index (χ0v) is 18.2. The van der Waals surface area contributed by atoms with Crippen molar-refractivity contribution in [3.05, 3.63) is 47.5 Å². The van der Waals surface area contributed by atoms with Gasteiger partial charge in [-0.1, -0.05) is 56.5 Å². The third-order valence-electron chi connectivity index (χ3n) is 7.55. The van der Waals surface area contributed by atoms with Crippen LogP contribution in [0.5, 0.6) is 0 Å². The van der Waals surface area contributed by atoms with E-state index in [4.69, 9.17) is 5.26 Å². The smallest absolute Gasteiger partial charge is 0.0908 e. The fourth-order valence-electron chi connectivity index (χ4n) is 5.71. The molecule has 0 heterocycles. The van der Waals surface area contributed by atoms with Crippen LogP contribution in [0, 0.1) is 29.1 Å². The van der Waals surface area contributed by atoms with Gasteiger partial charge in [0.1, 0.15) is 0 Å². The van der Waals surface area contributed by atoms with Crippen LogP contribution in [0.1, 0.15) is 94.6 Å². The lowest BCUT2D eigenvalue weighted by Gasteiger charge is -2.38. The SMILES string of the molecule is CCCc1ccc(C2CCC(C(O)C3CCC(CCC=CC#N)CC3)CC2)cc1. The minimum absolute atomic E-state index is 0.0951. The fraction of sp³-hybridized carbons (Fsp3) is 0.667. The molecular weight excluding hydrogens is 354 g/mol. The number of aliphatic hydroxyl groups excluding tert-OH is 1. The van der Waals surface area contributed by atoms with E-state index in [2.05, 4.69) is 37.3 Å². The normalized spacial score (nSPS) is 28.9. The lowest BCUT2D eigenvalue weighted by Crippen LogP contribution is -2.34. The van der Waals surface area contributed by atoms with E-state index in [0.717, 1.165) is 12.3 Å². The minimum atomic E-state index is -0.0951. The summed E-state index contributed by atoms with van der Waals surface area (Å²) < 4.78 is 0. The predicted octanol–water partition coefficient (Wildman–Crippen LogP) is 6.94. The van der Waals surface area contributed by atoms with Crippen LogP contribution in [-0.2, 0) is 6.42 Å². The summed E-state index contributed by atoms with van der Waals surface area (Å²) in [6.07, 6.45) is 17.8. The molecule has 1 N–H and O–H groups in total. The summed E-state index contributed by atoms with van der Waals surface area (Å²) in [5.41, 5.74) is 2.96. The molecule has 0 aliphatic heterocycles. The molecule has 0 radical (unpaired) electrons. The minimum Gasteiger partial charge on any atom is -0.393 e. The highest BCUT2D eigenvalue weighted by Crippen LogP contribution is 2.42. The second-order valence-corrected chi connectivity index (χ2v) is 9.48. The van der Waals surface area contributed by atoms with Crippen LogP contribution in [0.2, 0.25) is 0 Å². The maximum absolute atomic E-state index is 11.0. The zero-order chi connectivity index (χ0) is 20.5. The number of rotatable bonds is 8. The van der Waals surface area contributed by atoms with E-state index in [9.17, 15) is 5.11 Å². The molecule has 2 saturated carbocycles. The van der Waals surface area contributed by atoms with E-state index in [1.165, 1.54) is 81.8 Å². The summed E-state index contributed by atoms with van der Waals surface area (Å²) in [7, 11) is 0. The second-order valence-electron chi connectivity index (χ2n) is 9.48. The van der Waals surface area contributed by atoms with Gasteiger partial charge in [0, 0.05) is 6.08 Å². The molecule has 0 saturated heterocycles. The van der Waals surface area contributed by atoms with E-state index in [0.29, 0.717) is 17.8 Å². The average molecular weight is 394 g/mol. The maximum Gasteiger partial charge on any atom is 0.0908 e. The van der Waals surface area contributed by atoms with Crippen molar-refractivity contribution in [2.24, 2.45) is 17.8 Å². The molecule has 0 spiro atoms. The third-order valence-corrected chi connectivity index (χ3v) is 7.55. The zero-order valence-electron chi connectivity index (χ0n) is 18.2. The standard InChI is InChI=1S/C27H39NO/c1-2-6-21-8-12-23(13-9-21)24-16-18-26(19-17-24)27(29)25-14-10-22(11-15-25)7-4-3-5-20-28/h3,5,8-9,12-13,22,24-27,29H,2,4,6-7,10-11,14-19H2,1H3. The van der Waals surface area contributed by atoms with Gasteiger partial charge in [0.05, 0.1) is 12.2 Å². The molecule has 1 aromatic rings. The molecule has 2 fully saturated rings. The van der Waals surface area contributed by atoms with Gasteiger partial charge in [0.2, 0.25) is 0 Å². The number of allylic oxidation sites excluding steroid dienone is 2. The fourth-order valence-corrected chi connectivity index (χ4v) is 5.71. The highest BCUT2D eigenvalue weighted by molar-refractivity contribution is 5.26. The van der Waals surface area contributed by atoms with Gasteiger partial charge in [-0.15, -0.1) is 0 Å². The second kappa shape index (κ2) is 11.6. The number of aliphatic hydroxyl groups is 1. The summed E-state index contributed by atoms with van der Waals surface area (Å²) in [5, 5.41) is 19.6. The van der Waals surface area contributed by atoms with Crippen molar-refractivity contribution in [2.45, 2.75) is 96.0 Å². The van der Waals surface area contributed by atoms with Gasteiger partial charge in [-0.25, -0.2) is 0 Å². The predicted molar refractivity (Wildman–Crippen MR) is 121 cm³/mol. The molecule has 29 heavy (non-hydrogen) atoms. The molecule has 1 unspecified atom stereocenters. The van der Waals surface area contributed by atoms with Crippen LogP contribution in [0.3, 0.4) is 0 Å². The number of nitrogens with zero attached hydrogens (tertiary/aromatic N) is 1. The first kappa shape index (κ1) is 22.1. The molecule has 2 aliphatic carbocycles. The molecule has 0 bridgehead atoms. The number of aryl methyl sites for hydroxylation is 1. The summed E-state index contributed by atoms with van der Waals surface area (Å²) in [5.74, 6) is 2.49. The van der Waals surface area contributed by atoms with Crippen LogP contribution in [0.15, 0.2) is 36.4 Å². The molecule has 3 rings (SSSR count). The summed E-state index contributed by atoms with van der Waals surface area (Å²) in [6, 6.07) is 11.4. The summed E-state index contributed by atoms with van der Waals surface area (Å²) in [6.45, 7) is 2.24. The van der Waals surface area contributed by atoms with Gasteiger partial charge in [-0.2, -0.15) is 5.26 Å². The van der Waals surface area contributed by atoms with Crippen LogP contribution >= 0.6 is 0 Å². The van der Waals surface area contributed by atoms with Crippen molar-refractivity contribution < 1.29 is 5.11 Å². The van der Waals surface area contributed by atoms with Crippen LogP contribution in [-0.4, -0.2) is 11.2 Å². The highest BCUT2D eigenvalue weighted by Gasteiger charge is 2.33. The van der Waals surface area contributed by atoms with E-state index in [1.807, 2.05) is 6.08 Å². The highest BCUT2D eigenvalue weighted by atomic mass is 16.3. The number of benzene rings is 1. The summed E-state index contributed by atoms with van der Waals surface area (Å²) in [4.78, 5) is 0. The Morgan fingerprint density at radius 2 is 1.62 bits per heavy atom. The Kier molecular flexibility index (Phi) is 8.81. The number of nitriles is 1. The van der Waals surface area contributed by atoms with Gasteiger partial charge in [-0.3, -0.25) is 0 Å². The molecule has 1 atom stereocenters. The van der Waals surface area contributed by atoms with Crippen LogP contribution in [0.4, 0.5) is 0 Å². The van der Waals surface area contributed by atoms with E-state index >= 15 is 0 Å².